The van der Waals surface area contributed by atoms with Crippen molar-refractivity contribution in [2.75, 3.05) is 7.11 Å². The van der Waals surface area contributed by atoms with Gasteiger partial charge < -0.3 is 14.8 Å². The fourth-order valence-electron chi connectivity index (χ4n) is 2.93. The van der Waals surface area contributed by atoms with Gasteiger partial charge in [-0.05, 0) is 42.5 Å². The Bertz CT molecular complexity index is 747. The summed E-state index contributed by atoms with van der Waals surface area (Å²) in [6.07, 6.45) is 0.0496. The molecule has 0 fully saturated rings. The van der Waals surface area contributed by atoms with Crippen LogP contribution in [-0.2, 0) is 10.2 Å². The Labute approximate surface area is 162 Å². The number of rotatable bonds is 7. The summed E-state index contributed by atoms with van der Waals surface area (Å²) in [5.74, 6) is 1.34. The first-order chi connectivity index (χ1) is 12.8. The minimum atomic E-state index is -0.539. The average Bonchev–Trinajstić information content (AvgIpc) is 2.65. The summed E-state index contributed by atoms with van der Waals surface area (Å²) in [6, 6.07) is 15.5. The highest BCUT2D eigenvalue weighted by Gasteiger charge is 2.22. The predicted octanol–water partition coefficient (Wildman–Crippen LogP) is 5.03. The summed E-state index contributed by atoms with van der Waals surface area (Å²) in [4.78, 5) is 12.7. The Morgan fingerprint density at radius 1 is 1.07 bits per heavy atom. The summed E-state index contributed by atoms with van der Waals surface area (Å²) in [6.45, 7) is 10.4. The molecule has 0 aromatic heterocycles. The molecule has 4 nitrogen and oxygen atoms in total. The monoisotopic (exact) mass is 369 g/mol. The van der Waals surface area contributed by atoms with Crippen LogP contribution >= 0.6 is 0 Å². The molecule has 0 saturated heterocycles. The van der Waals surface area contributed by atoms with Gasteiger partial charge in [-0.3, -0.25) is 4.79 Å². The molecule has 1 N–H and O–H groups in total. The van der Waals surface area contributed by atoms with Gasteiger partial charge in [0.05, 0.1) is 13.2 Å². The van der Waals surface area contributed by atoms with E-state index >= 15 is 0 Å². The van der Waals surface area contributed by atoms with Crippen LogP contribution in [0.3, 0.4) is 0 Å². The second-order valence-electron chi connectivity index (χ2n) is 7.76. The Balaban J connectivity index is 2.05. The first-order valence-electron chi connectivity index (χ1n) is 9.46. The minimum absolute atomic E-state index is 0.0875. The van der Waals surface area contributed by atoms with Gasteiger partial charge in [-0.25, -0.2) is 0 Å². The van der Waals surface area contributed by atoms with Crippen LogP contribution in [0.5, 0.6) is 11.5 Å². The van der Waals surface area contributed by atoms with Gasteiger partial charge in [0.1, 0.15) is 11.5 Å². The maximum Gasteiger partial charge on any atom is 0.261 e. The van der Waals surface area contributed by atoms with E-state index in [1.807, 2.05) is 50.2 Å². The van der Waals surface area contributed by atoms with Gasteiger partial charge >= 0.3 is 0 Å². The van der Waals surface area contributed by atoms with E-state index in [9.17, 15) is 4.79 Å². The molecule has 0 aliphatic heterocycles. The summed E-state index contributed by atoms with van der Waals surface area (Å²) in [5, 5.41) is 3.03. The molecule has 1 amide bonds. The zero-order chi connectivity index (χ0) is 20.0. The number of para-hydroxylation sites is 1. The van der Waals surface area contributed by atoms with E-state index in [-0.39, 0.29) is 17.4 Å². The number of carbonyl (C=O) groups is 1. The Morgan fingerprint density at radius 2 is 1.70 bits per heavy atom. The van der Waals surface area contributed by atoms with Crippen LogP contribution in [0.25, 0.3) is 0 Å². The van der Waals surface area contributed by atoms with Crippen LogP contribution in [0.15, 0.2) is 48.5 Å². The summed E-state index contributed by atoms with van der Waals surface area (Å²) in [5.41, 5.74) is 2.26. The van der Waals surface area contributed by atoms with E-state index in [2.05, 4.69) is 38.2 Å². The lowest BCUT2D eigenvalue weighted by molar-refractivity contribution is -0.128. The molecule has 0 bridgehead atoms. The fourth-order valence-corrected chi connectivity index (χ4v) is 2.93. The molecule has 0 aliphatic rings. The molecule has 0 radical (unpaired) electrons. The minimum Gasteiger partial charge on any atom is -0.496 e. The highest BCUT2D eigenvalue weighted by molar-refractivity contribution is 5.81. The van der Waals surface area contributed by atoms with E-state index < -0.39 is 6.10 Å². The van der Waals surface area contributed by atoms with Crippen molar-refractivity contribution < 1.29 is 14.3 Å². The van der Waals surface area contributed by atoms with E-state index in [4.69, 9.17) is 9.47 Å². The molecular formula is C23H31NO3. The van der Waals surface area contributed by atoms with Crippen molar-refractivity contribution in [3.8, 4) is 11.5 Å². The largest absolute Gasteiger partial charge is 0.496 e. The summed E-state index contributed by atoms with van der Waals surface area (Å²) < 4.78 is 11.3. The van der Waals surface area contributed by atoms with Crippen LogP contribution in [0, 0.1) is 0 Å². The number of hydrogen-bond donors (Lipinski definition) is 1. The lowest BCUT2D eigenvalue weighted by Gasteiger charge is -2.23. The molecule has 2 aromatic rings. The molecule has 0 saturated carbocycles. The van der Waals surface area contributed by atoms with Crippen LogP contribution in [0.2, 0.25) is 0 Å². The Kier molecular flexibility index (Phi) is 6.89. The maximum absolute atomic E-state index is 12.7. The van der Waals surface area contributed by atoms with Crippen LogP contribution in [-0.4, -0.2) is 19.1 Å². The van der Waals surface area contributed by atoms with Gasteiger partial charge in [0.2, 0.25) is 0 Å². The normalized spacial score (nSPS) is 13.6. The molecular weight excluding hydrogens is 338 g/mol. The third-order valence-corrected chi connectivity index (χ3v) is 4.63. The fraction of sp³-hybridized carbons (Fsp3) is 0.435. The third-order valence-electron chi connectivity index (χ3n) is 4.63. The van der Waals surface area contributed by atoms with Crippen molar-refractivity contribution >= 4 is 5.91 Å². The zero-order valence-corrected chi connectivity index (χ0v) is 17.2. The molecule has 27 heavy (non-hydrogen) atoms. The van der Waals surface area contributed by atoms with Gasteiger partial charge in [0.15, 0.2) is 6.10 Å². The van der Waals surface area contributed by atoms with Crippen molar-refractivity contribution in [1.82, 2.24) is 5.32 Å². The first kappa shape index (κ1) is 20.8. The number of ether oxygens (including phenoxy) is 2. The van der Waals surface area contributed by atoms with Crippen LogP contribution in [0.1, 0.15) is 58.2 Å². The zero-order valence-electron chi connectivity index (χ0n) is 17.2. The Morgan fingerprint density at radius 3 is 2.26 bits per heavy atom. The molecule has 0 heterocycles. The average molecular weight is 370 g/mol. The van der Waals surface area contributed by atoms with Crippen molar-refractivity contribution in [3.63, 3.8) is 0 Å². The van der Waals surface area contributed by atoms with Crippen LogP contribution in [0.4, 0.5) is 0 Å². The SMILES string of the molecule is CC[C@H](Oc1ccc(C(C)(C)C)cc1)C(=O)N[C@@H](C)c1ccccc1OC. The quantitative estimate of drug-likeness (QED) is 0.745. The molecule has 146 valence electrons. The lowest BCUT2D eigenvalue weighted by atomic mass is 9.87. The summed E-state index contributed by atoms with van der Waals surface area (Å²) >= 11 is 0. The third kappa shape index (κ3) is 5.49. The second kappa shape index (κ2) is 8.94. The second-order valence-corrected chi connectivity index (χ2v) is 7.76. The van der Waals surface area contributed by atoms with E-state index in [1.165, 1.54) is 5.56 Å². The van der Waals surface area contributed by atoms with E-state index in [0.717, 1.165) is 11.3 Å². The topological polar surface area (TPSA) is 47.6 Å². The molecule has 2 rings (SSSR count). The number of carbonyl (C=O) groups excluding carboxylic acids is 1. The molecule has 0 spiro atoms. The van der Waals surface area contributed by atoms with Crippen molar-refractivity contribution in [2.24, 2.45) is 0 Å². The number of amides is 1. The standard InChI is InChI=1S/C23H31NO3/c1-7-20(27-18-14-12-17(13-15-18)23(3,4)5)22(25)24-16(2)19-10-8-9-11-21(19)26-6/h8-16,20H,7H2,1-6H3,(H,24,25)/t16-,20-/m0/s1. The van der Waals surface area contributed by atoms with Gasteiger partial charge in [-0.1, -0.05) is 58.0 Å². The van der Waals surface area contributed by atoms with Crippen molar-refractivity contribution in [3.05, 3.63) is 59.7 Å². The molecule has 0 aliphatic carbocycles. The van der Waals surface area contributed by atoms with Gasteiger partial charge in [-0.15, -0.1) is 0 Å². The number of benzene rings is 2. The highest BCUT2D eigenvalue weighted by atomic mass is 16.5. The molecule has 0 unspecified atom stereocenters. The molecule has 4 heteroatoms. The highest BCUT2D eigenvalue weighted by Crippen LogP contribution is 2.26. The van der Waals surface area contributed by atoms with Gasteiger partial charge in [-0.2, -0.15) is 0 Å². The van der Waals surface area contributed by atoms with Gasteiger partial charge in [0.25, 0.3) is 5.91 Å². The van der Waals surface area contributed by atoms with Crippen molar-refractivity contribution in [2.45, 2.75) is 58.6 Å². The molecule has 2 atom stereocenters. The smallest absolute Gasteiger partial charge is 0.261 e. The van der Waals surface area contributed by atoms with E-state index in [1.54, 1.807) is 7.11 Å². The van der Waals surface area contributed by atoms with E-state index in [0.29, 0.717) is 12.2 Å². The maximum atomic E-state index is 12.7. The first-order valence-corrected chi connectivity index (χ1v) is 9.46. The van der Waals surface area contributed by atoms with Crippen molar-refractivity contribution in [1.29, 1.82) is 0 Å². The predicted molar refractivity (Wildman–Crippen MR) is 109 cm³/mol. The summed E-state index contributed by atoms with van der Waals surface area (Å²) in [7, 11) is 1.63. The Hall–Kier alpha value is -2.49. The number of hydrogen-bond acceptors (Lipinski definition) is 3. The van der Waals surface area contributed by atoms with Crippen LogP contribution < -0.4 is 14.8 Å². The molecule has 2 aromatic carbocycles. The number of nitrogens with one attached hydrogen (secondary N) is 1. The van der Waals surface area contributed by atoms with Gasteiger partial charge in [0, 0.05) is 5.56 Å². The number of methoxy groups -OCH3 is 1. The lowest BCUT2D eigenvalue weighted by Crippen LogP contribution is -2.39.